The number of benzene rings is 2. The lowest BCUT2D eigenvalue weighted by Crippen LogP contribution is -2.46. The van der Waals surface area contributed by atoms with Crippen molar-refractivity contribution in [3.63, 3.8) is 0 Å². The number of para-hydroxylation sites is 2. The van der Waals surface area contributed by atoms with Gasteiger partial charge in [0.25, 0.3) is 0 Å². The first kappa shape index (κ1) is 18.4. The van der Waals surface area contributed by atoms with Crippen LogP contribution in [0.25, 0.3) is 0 Å². The fourth-order valence-corrected chi connectivity index (χ4v) is 3.37. The van der Waals surface area contributed by atoms with Crippen LogP contribution >= 0.6 is 0 Å². The maximum Gasteiger partial charge on any atom is 0.142 e. The van der Waals surface area contributed by atoms with Crippen LogP contribution in [0.5, 0.6) is 17.2 Å². The van der Waals surface area contributed by atoms with Crippen molar-refractivity contribution in [3.8, 4) is 17.2 Å². The predicted molar refractivity (Wildman–Crippen MR) is 105 cm³/mol. The summed E-state index contributed by atoms with van der Waals surface area (Å²) in [4.78, 5) is 4.87. The molecule has 0 N–H and O–H groups in total. The topological polar surface area (TPSA) is 34.2 Å². The lowest BCUT2D eigenvalue weighted by atomic mass is 10.1. The zero-order valence-electron chi connectivity index (χ0n) is 15.9. The summed E-state index contributed by atoms with van der Waals surface area (Å²) in [5, 5.41) is 0. The van der Waals surface area contributed by atoms with Crippen LogP contribution in [-0.2, 0) is 6.54 Å². The summed E-state index contributed by atoms with van der Waals surface area (Å²) < 4.78 is 16.6. The van der Waals surface area contributed by atoms with Gasteiger partial charge in [0, 0.05) is 44.4 Å². The first-order chi connectivity index (χ1) is 12.7. The SMILES string of the molecule is CCOc1ccccc1N1CCN(Cc2ccc(OC)cc2OC)CC1. The molecule has 2 aromatic carbocycles. The van der Waals surface area contributed by atoms with Gasteiger partial charge in [-0.15, -0.1) is 0 Å². The molecule has 140 valence electrons. The van der Waals surface area contributed by atoms with E-state index >= 15 is 0 Å². The Kier molecular flexibility index (Phi) is 6.23. The molecule has 1 heterocycles. The molecule has 5 nitrogen and oxygen atoms in total. The van der Waals surface area contributed by atoms with Crippen LogP contribution in [0.4, 0.5) is 5.69 Å². The Morgan fingerprint density at radius 3 is 2.35 bits per heavy atom. The van der Waals surface area contributed by atoms with E-state index in [0.29, 0.717) is 6.61 Å². The Hall–Kier alpha value is -2.40. The van der Waals surface area contributed by atoms with Crippen molar-refractivity contribution in [1.29, 1.82) is 0 Å². The fraction of sp³-hybridized carbons (Fsp3) is 0.429. The molecule has 0 aromatic heterocycles. The van der Waals surface area contributed by atoms with Crippen LogP contribution in [0.3, 0.4) is 0 Å². The molecule has 0 aliphatic carbocycles. The van der Waals surface area contributed by atoms with Gasteiger partial charge in [0.05, 0.1) is 26.5 Å². The molecule has 0 spiro atoms. The Labute approximate surface area is 156 Å². The highest BCUT2D eigenvalue weighted by atomic mass is 16.5. The Bertz CT molecular complexity index is 712. The average molecular weight is 356 g/mol. The summed E-state index contributed by atoms with van der Waals surface area (Å²) in [5.74, 6) is 2.68. The predicted octanol–water partition coefficient (Wildman–Crippen LogP) is 3.42. The van der Waals surface area contributed by atoms with E-state index < -0.39 is 0 Å². The Morgan fingerprint density at radius 2 is 1.65 bits per heavy atom. The van der Waals surface area contributed by atoms with E-state index in [0.717, 1.165) is 50.0 Å². The highest BCUT2D eigenvalue weighted by molar-refractivity contribution is 5.58. The van der Waals surface area contributed by atoms with Gasteiger partial charge in [-0.1, -0.05) is 18.2 Å². The zero-order valence-corrected chi connectivity index (χ0v) is 15.9. The number of nitrogens with zero attached hydrogens (tertiary/aromatic N) is 2. The van der Waals surface area contributed by atoms with Crippen LogP contribution in [0.1, 0.15) is 12.5 Å². The van der Waals surface area contributed by atoms with Crippen LogP contribution in [0.15, 0.2) is 42.5 Å². The van der Waals surface area contributed by atoms with Gasteiger partial charge in [-0.2, -0.15) is 0 Å². The average Bonchev–Trinajstić information content (AvgIpc) is 2.69. The molecule has 0 saturated carbocycles. The molecule has 26 heavy (non-hydrogen) atoms. The van der Waals surface area contributed by atoms with E-state index in [9.17, 15) is 0 Å². The monoisotopic (exact) mass is 356 g/mol. The summed E-state index contributed by atoms with van der Waals surface area (Å²) in [5.41, 5.74) is 2.38. The van der Waals surface area contributed by atoms with Crippen molar-refractivity contribution in [2.45, 2.75) is 13.5 Å². The van der Waals surface area contributed by atoms with E-state index in [-0.39, 0.29) is 0 Å². The van der Waals surface area contributed by atoms with Crippen molar-refractivity contribution < 1.29 is 14.2 Å². The van der Waals surface area contributed by atoms with Crippen LogP contribution in [0.2, 0.25) is 0 Å². The van der Waals surface area contributed by atoms with E-state index in [1.807, 2.05) is 31.2 Å². The molecule has 0 unspecified atom stereocenters. The maximum absolute atomic E-state index is 5.78. The Morgan fingerprint density at radius 1 is 0.885 bits per heavy atom. The lowest BCUT2D eigenvalue weighted by molar-refractivity contribution is 0.244. The second-order valence-electron chi connectivity index (χ2n) is 6.34. The maximum atomic E-state index is 5.78. The molecule has 0 amide bonds. The first-order valence-electron chi connectivity index (χ1n) is 9.15. The second kappa shape index (κ2) is 8.81. The van der Waals surface area contributed by atoms with E-state index in [1.54, 1.807) is 14.2 Å². The Balaban J connectivity index is 1.63. The molecule has 3 rings (SSSR count). The molecular formula is C21H28N2O3. The summed E-state index contributed by atoms with van der Waals surface area (Å²) in [7, 11) is 3.38. The van der Waals surface area contributed by atoms with Gasteiger partial charge in [-0.25, -0.2) is 0 Å². The van der Waals surface area contributed by atoms with Gasteiger partial charge in [0.2, 0.25) is 0 Å². The van der Waals surface area contributed by atoms with E-state index in [1.165, 1.54) is 11.3 Å². The minimum absolute atomic E-state index is 0.689. The summed E-state index contributed by atoms with van der Waals surface area (Å²) in [6, 6.07) is 14.3. The van der Waals surface area contributed by atoms with E-state index in [4.69, 9.17) is 14.2 Å². The quantitative estimate of drug-likeness (QED) is 0.759. The van der Waals surface area contributed by atoms with Crippen molar-refractivity contribution in [2.75, 3.05) is 51.9 Å². The van der Waals surface area contributed by atoms with Gasteiger partial charge in [-0.05, 0) is 25.1 Å². The molecule has 2 aromatic rings. The number of ether oxygens (including phenoxy) is 3. The number of methoxy groups -OCH3 is 2. The van der Waals surface area contributed by atoms with Crippen molar-refractivity contribution in [1.82, 2.24) is 4.90 Å². The van der Waals surface area contributed by atoms with Crippen LogP contribution < -0.4 is 19.1 Å². The van der Waals surface area contributed by atoms with Crippen molar-refractivity contribution in [3.05, 3.63) is 48.0 Å². The van der Waals surface area contributed by atoms with Crippen LogP contribution in [-0.4, -0.2) is 51.9 Å². The first-order valence-corrected chi connectivity index (χ1v) is 9.15. The van der Waals surface area contributed by atoms with Gasteiger partial charge >= 0.3 is 0 Å². The third kappa shape index (κ3) is 4.22. The largest absolute Gasteiger partial charge is 0.497 e. The van der Waals surface area contributed by atoms with Crippen molar-refractivity contribution in [2.24, 2.45) is 0 Å². The molecule has 1 fully saturated rings. The third-order valence-corrected chi connectivity index (χ3v) is 4.77. The summed E-state index contributed by atoms with van der Waals surface area (Å²) in [6.45, 7) is 7.59. The van der Waals surface area contributed by atoms with Gasteiger partial charge in [-0.3, -0.25) is 4.90 Å². The number of hydrogen-bond acceptors (Lipinski definition) is 5. The second-order valence-corrected chi connectivity index (χ2v) is 6.34. The normalized spacial score (nSPS) is 15.0. The highest BCUT2D eigenvalue weighted by Crippen LogP contribution is 2.30. The standard InChI is InChI=1S/C21H28N2O3/c1-4-26-20-8-6-5-7-19(20)23-13-11-22(12-14-23)16-17-9-10-18(24-2)15-21(17)25-3/h5-10,15H,4,11-14,16H2,1-3H3. The summed E-state index contributed by atoms with van der Waals surface area (Å²) in [6.07, 6.45) is 0. The van der Waals surface area contributed by atoms with Crippen molar-refractivity contribution >= 4 is 5.69 Å². The van der Waals surface area contributed by atoms with Gasteiger partial charge in [0.1, 0.15) is 17.2 Å². The molecule has 1 saturated heterocycles. The van der Waals surface area contributed by atoms with Gasteiger partial charge in [0.15, 0.2) is 0 Å². The van der Waals surface area contributed by atoms with E-state index in [2.05, 4.69) is 28.0 Å². The number of piperazine rings is 1. The van der Waals surface area contributed by atoms with Crippen LogP contribution in [0, 0.1) is 0 Å². The highest BCUT2D eigenvalue weighted by Gasteiger charge is 2.20. The minimum Gasteiger partial charge on any atom is -0.497 e. The zero-order chi connectivity index (χ0) is 18.4. The molecule has 5 heteroatoms. The lowest BCUT2D eigenvalue weighted by Gasteiger charge is -2.36. The smallest absolute Gasteiger partial charge is 0.142 e. The van der Waals surface area contributed by atoms with Gasteiger partial charge < -0.3 is 19.1 Å². The fourth-order valence-electron chi connectivity index (χ4n) is 3.37. The molecular weight excluding hydrogens is 328 g/mol. The molecule has 1 aliphatic rings. The number of hydrogen-bond donors (Lipinski definition) is 0. The molecule has 0 atom stereocenters. The minimum atomic E-state index is 0.689. The number of anilines is 1. The summed E-state index contributed by atoms with van der Waals surface area (Å²) >= 11 is 0. The third-order valence-electron chi connectivity index (χ3n) is 4.77. The number of rotatable bonds is 7. The molecule has 0 radical (unpaired) electrons. The molecule has 1 aliphatic heterocycles. The molecule has 0 bridgehead atoms.